The third kappa shape index (κ3) is 3.50. The predicted octanol–water partition coefficient (Wildman–Crippen LogP) is 5.33. The first kappa shape index (κ1) is 16.7. The maximum absolute atomic E-state index is 5.35. The van der Waals surface area contributed by atoms with Gasteiger partial charge in [-0.05, 0) is 46.3 Å². The SMILES string of the molecule is COCc1cc(Br)c(-c2ccccc2)nc1-c1ccc(OC)cc1. The number of methoxy groups -OCH3 is 2. The molecule has 1 aromatic heterocycles. The molecule has 0 spiro atoms. The van der Waals surface area contributed by atoms with E-state index >= 15 is 0 Å². The monoisotopic (exact) mass is 383 g/mol. The molecule has 3 rings (SSSR count). The van der Waals surface area contributed by atoms with Gasteiger partial charge in [0.1, 0.15) is 5.75 Å². The van der Waals surface area contributed by atoms with Crippen LogP contribution >= 0.6 is 15.9 Å². The molecule has 0 aliphatic rings. The highest BCUT2D eigenvalue weighted by molar-refractivity contribution is 9.10. The second-order valence-corrected chi connectivity index (χ2v) is 6.21. The summed E-state index contributed by atoms with van der Waals surface area (Å²) in [5, 5.41) is 0. The number of hydrogen-bond donors (Lipinski definition) is 0. The number of hydrogen-bond acceptors (Lipinski definition) is 3. The molecule has 1 heterocycles. The van der Waals surface area contributed by atoms with Gasteiger partial charge in [-0.2, -0.15) is 0 Å². The smallest absolute Gasteiger partial charge is 0.118 e. The maximum Gasteiger partial charge on any atom is 0.118 e. The van der Waals surface area contributed by atoms with E-state index in [2.05, 4.69) is 34.1 Å². The van der Waals surface area contributed by atoms with E-state index in [0.29, 0.717) is 6.61 Å². The van der Waals surface area contributed by atoms with Crippen molar-refractivity contribution in [2.24, 2.45) is 0 Å². The minimum absolute atomic E-state index is 0.502. The molecule has 0 aliphatic heterocycles. The van der Waals surface area contributed by atoms with Gasteiger partial charge in [0.2, 0.25) is 0 Å². The fourth-order valence-corrected chi connectivity index (χ4v) is 3.18. The average Bonchev–Trinajstić information content (AvgIpc) is 2.63. The predicted molar refractivity (Wildman–Crippen MR) is 100 cm³/mol. The highest BCUT2D eigenvalue weighted by Gasteiger charge is 2.13. The minimum Gasteiger partial charge on any atom is -0.497 e. The zero-order valence-electron chi connectivity index (χ0n) is 13.6. The lowest BCUT2D eigenvalue weighted by Gasteiger charge is -2.13. The molecule has 3 nitrogen and oxygen atoms in total. The molecule has 0 bridgehead atoms. The molecule has 3 aromatic rings. The highest BCUT2D eigenvalue weighted by atomic mass is 79.9. The van der Waals surface area contributed by atoms with E-state index in [-0.39, 0.29) is 0 Å². The van der Waals surface area contributed by atoms with Gasteiger partial charge in [0, 0.05) is 28.3 Å². The van der Waals surface area contributed by atoms with Gasteiger partial charge in [-0.3, -0.25) is 0 Å². The summed E-state index contributed by atoms with van der Waals surface area (Å²) in [6.07, 6.45) is 0. The van der Waals surface area contributed by atoms with Crippen LogP contribution in [0.1, 0.15) is 5.56 Å². The number of nitrogens with zero attached hydrogens (tertiary/aromatic N) is 1. The molecule has 4 heteroatoms. The van der Waals surface area contributed by atoms with E-state index in [1.54, 1.807) is 14.2 Å². The zero-order valence-corrected chi connectivity index (χ0v) is 15.2. The van der Waals surface area contributed by atoms with Crippen LogP contribution in [0.5, 0.6) is 5.75 Å². The third-order valence-electron chi connectivity index (χ3n) is 3.77. The Balaban J connectivity index is 2.14. The van der Waals surface area contributed by atoms with Gasteiger partial charge in [0.25, 0.3) is 0 Å². The summed E-state index contributed by atoms with van der Waals surface area (Å²) in [7, 11) is 3.35. The molecule has 0 saturated carbocycles. The minimum atomic E-state index is 0.502. The summed E-state index contributed by atoms with van der Waals surface area (Å²) in [5.74, 6) is 0.826. The van der Waals surface area contributed by atoms with E-state index in [0.717, 1.165) is 38.3 Å². The summed E-state index contributed by atoms with van der Waals surface area (Å²) in [6.45, 7) is 0.502. The van der Waals surface area contributed by atoms with Gasteiger partial charge in [0.05, 0.1) is 25.1 Å². The molecule has 2 aromatic carbocycles. The van der Waals surface area contributed by atoms with Crippen molar-refractivity contribution in [1.82, 2.24) is 4.98 Å². The van der Waals surface area contributed by atoms with Gasteiger partial charge >= 0.3 is 0 Å². The van der Waals surface area contributed by atoms with Gasteiger partial charge < -0.3 is 9.47 Å². The van der Waals surface area contributed by atoms with Crippen molar-refractivity contribution in [3.63, 3.8) is 0 Å². The van der Waals surface area contributed by atoms with Gasteiger partial charge in [-0.1, -0.05) is 30.3 Å². The molecule has 0 amide bonds. The van der Waals surface area contributed by atoms with Crippen LogP contribution in [0.3, 0.4) is 0 Å². The lowest BCUT2D eigenvalue weighted by atomic mass is 10.0. The van der Waals surface area contributed by atoms with Crippen LogP contribution in [0.4, 0.5) is 0 Å². The maximum atomic E-state index is 5.35. The first-order valence-electron chi connectivity index (χ1n) is 7.61. The molecule has 0 aliphatic carbocycles. The summed E-state index contributed by atoms with van der Waals surface area (Å²) in [6, 6.07) is 20.1. The molecular formula is C20H18BrNO2. The second kappa shape index (κ2) is 7.60. The van der Waals surface area contributed by atoms with Crippen LogP contribution in [-0.4, -0.2) is 19.2 Å². The molecule has 0 saturated heterocycles. The standard InChI is InChI=1S/C20H18BrNO2/c1-23-13-16-12-18(21)20(14-6-4-3-5-7-14)22-19(16)15-8-10-17(24-2)11-9-15/h3-12H,13H2,1-2H3. The Bertz CT molecular complexity index is 817. The number of halogens is 1. The number of aromatic nitrogens is 1. The molecular weight excluding hydrogens is 366 g/mol. The largest absolute Gasteiger partial charge is 0.497 e. The van der Waals surface area contributed by atoms with Gasteiger partial charge in [-0.25, -0.2) is 4.98 Å². The number of rotatable bonds is 5. The number of ether oxygens (including phenoxy) is 2. The van der Waals surface area contributed by atoms with E-state index < -0.39 is 0 Å². The van der Waals surface area contributed by atoms with Gasteiger partial charge in [0.15, 0.2) is 0 Å². The Labute approximate surface area is 150 Å². The molecule has 0 fully saturated rings. The summed E-state index contributed by atoms with van der Waals surface area (Å²) >= 11 is 3.65. The molecule has 0 N–H and O–H groups in total. The van der Waals surface area contributed by atoms with Crippen LogP contribution < -0.4 is 4.74 Å². The van der Waals surface area contributed by atoms with E-state index in [4.69, 9.17) is 14.5 Å². The first-order valence-corrected chi connectivity index (χ1v) is 8.40. The fraction of sp³-hybridized carbons (Fsp3) is 0.150. The Morgan fingerprint density at radius 1 is 0.875 bits per heavy atom. The van der Waals surface area contributed by atoms with Crippen molar-refractivity contribution >= 4 is 15.9 Å². The van der Waals surface area contributed by atoms with E-state index in [9.17, 15) is 0 Å². The summed E-state index contributed by atoms with van der Waals surface area (Å²) in [5.41, 5.74) is 4.98. The van der Waals surface area contributed by atoms with Crippen LogP contribution in [0, 0.1) is 0 Å². The highest BCUT2D eigenvalue weighted by Crippen LogP contribution is 2.33. The Morgan fingerprint density at radius 3 is 2.17 bits per heavy atom. The van der Waals surface area contributed by atoms with Crippen molar-refractivity contribution < 1.29 is 9.47 Å². The second-order valence-electron chi connectivity index (χ2n) is 5.35. The lowest BCUT2D eigenvalue weighted by Crippen LogP contribution is -1.98. The van der Waals surface area contributed by atoms with Crippen molar-refractivity contribution in [3.8, 4) is 28.3 Å². The zero-order chi connectivity index (χ0) is 16.9. The number of benzene rings is 2. The number of pyridine rings is 1. The summed E-state index contributed by atoms with van der Waals surface area (Å²) < 4.78 is 11.5. The topological polar surface area (TPSA) is 31.4 Å². The van der Waals surface area contributed by atoms with E-state index in [1.165, 1.54) is 0 Å². The fourth-order valence-electron chi connectivity index (χ4n) is 2.59. The molecule has 0 radical (unpaired) electrons. The Hall–Kier alpha value is -2.17. The summed E-state index contributed by atoms with van der Waals surface area (Å²) in [4.78, 5) is 4.92. The van der Waals surface area contributed by atoms with E-state index in [1.807, 2.05) is 42.5 Å². The van der Waals surface area contributed by atoms with Crippen LogP contribution in [0.15, 0.2) is 65.1 Å². The average molecular weight is 384 g/mol. The molecule has 0 atom stereocenters. The quantitative estimate of drug-likeness (QED) is 0.596. The first-order chi connectivity index (χ1) is 11.7. The lowest BCUT2D eigenvalue weighted by molar-refractivity contribution is 0.185. The molecule has 0 unspecified atom stereocenters. The third-order valence-corrected chi connectivity index (χ3v) is 4.37. The van der Waals surface area contributed by atoms with Crippen LogP contribution in [0.2, 0.25) is 0 Å². The van der Waals surface area contributed by atoms with Crippen LogP contribution in [-0.2, 0) is 11.3 Å². The van der Waals surface area contributed by atoms with Crippen molar-refractivity contribution in [3.05, 3.63) is 70.7 Å². The Kier molecular flexibility index (Phi) is 5.28. The van der Waals surface area contributed by atoms with Crippen molar-refractivity contribution in [2.45, 2.75) is 6.61 Å². The van der Waals surface area contributed by atoms with Crippen LogP contribution in [0.25, 0.3) is 22.5 Å². The van der Waals surface area contributed by atoms with Gasteiger partial charge in [-0.15, -0.1) is 0 Å². The molecule has 24 heavy (non-hydrogen) atoms. The van der Waals surface area contributed by atoms with Crippen molar-refractivity contribution in [1.29, 1.82) is 0 Å². The molecule has 122 valence electrons. The normalized spacial score (nSPS) is 10.6. The van der Waals surface area contributed by atoms with Crippen molar-refractivity contribution in [2.75, 3.05) is 14.2 Å². The Morgan fingerprint density at radius 2 is 1.54 bits per heavy atom.